The molecule has 2 atom stereocenters. The molecular weight excluding hydrogens is 412 g/mol. The van der Waals surface area contributed by atoms with Crippen molar-refractivity contribution in [2.45, 2.75) is 45.7 Å². The highest BCUT2D eigenvalue weighted by atomic mass is 32.1. The largest absolute Gasteiger partial charge is 0.348 e. The fourth-order valence-electron chi connectivity index (χ4n) is 3.45. The highest BCUT2D eigenvalue weighted by Crippen LogP contribution is 2.28. The van der Waals surface area contributed by atoms with Gasteiger partial charge in [0, 0.05) is 16.7 Å². The lowest BCUT2D eigenvalue weighted by molar-refractivity contribution is -0.123. The Kier molecular flexibility index (Phi) is 7.82. The van der Waals surface area contributed by atoms with Crippen LogP contribution in [0.4, 0.5) is 0 Å². The molecule has 2 amide bonds. The molecule has 1 aromatic carbocycles. The first-order valence-corrected chi connectivity index (χ1v) is 11.9. The van der Waals surface area contributed by atoms with Crippen molar-refractivity contribution >= 4 is 34.5 Å². The van der Waals surface area contributed by atoms with E-state index in [0.29, 0.717) is 5.92 Å². The summed E-state index contributed by atoms with van der Waals surface area (Å²) in [7, 11) is 0. The number of carbonyl (C=O) groups is 2. The summed E-state index contributed by atoms with van der Waals surface area (Å²) in [5.74, 6) is 0.371. The molecule has 2 N–H and O–H groups in total. The van der Waals surface area contributed by atoms with Gasteiger partial charge in [-0.15, -0.1) is 22.7 Å². The van der Waals surface area contributed by atoms with Crippen molar-refractivity contribution in [3.05, 3.63) is 80.2 Å². The average Bonchev–Trinajstić information content (AvgIpc) is 3.39. The fourth-order valence-corrected chi connectivity index (χ4v) is 5.04. The maximum absolute atomic E-state index is 13.0. The summed E-state index contributed by atoms with van der Waals surface area (Å²) in [6.45, 7) is 5.90. The molecule has 4 nitrogen and oxygen atoms in total. The van der Waals surface area contributed by atoms with E-state index >= 15 is 0 Å². The lowest BCUT2D eigenvalue weighted by atomic mass is 9.98. The van der Waals surface area contributed by atoms with E-state index < -0.39 is 0 Å². The zero-order chi connectivity index (χ0) is 21.5. The van der Waals surface area contributed by atoms with E-state index in [4.69, 9.17) is 0 Å². The van der Waals surface area contributed by atoms with Gasteiger partial charge in [-0.05, 0) is 46.4 Å². The van der Waals surface area contributed by atoms with Crippen LogP contribution in [0.2, 0.25) is 0 Å². The van der Waals surface area contributed by atoms with Crippen LogP contribution in [0.1, 0.15) is 60.2 Å². The first kappa shape index (κ1) is 22.2. The van der Waals surface area contributed by atoms with E-state index in [1.807, 2.05) is 35.0 Å². The number of nitrogens with one attached hydrogen (secondary N) is 2. The highest BCUT2D eigenvalue weighted by molar-refractivity contribution is 7.10. The van der Waals surface area contributed by atoms with Gasteiger partial charge in [0.15, 0.2) is 0 Å². The summed E-state index contributed by atoms with van der Waals surface area (Å²) in [6.07, 6.45) is 1.24. The first-order valence-electron chi connectivity index (χ1n) is 10.1. The monoisotopic (exact) mass is 440 g/mol. The van der Waals surface area contributed by atoms with Crippen molar-refractivity contribution in [2.75, 3.05) is 0 Å². The van der Waals surface area contributed by atoms with Crippen LogP contribution in [0.15, 0.2) is 59.3 Å². The molecule has 0 spiro atoms. The molecule has 0 aliphatic rings. The number of thiophene rings is 2. The Morgan fingerprint density at radius 2 is 1.53 bits per heavy atom. The minimum atomic E-state index is -0.320. The minimum absolute atomic E-state index is 0.0909. The molecule has 0 bridgehead atoms. The predicted molar refractivity (Wildman–Crippen MR) is 125 cm³/mol. The SMILES string of the molecule is CC(=O)NC(CC(=O)NC(c1ccc(CC(C)C)cc1)c1cccs1)c1cccs1. The quantitative estimate of drug-likeness (QED) is 0.463. The molecule has 158 valence electrons. The van der Waals surface area contributed by atoms with Crippen LogP contribution in [0, 0.1) is 5.92 Å². The van der Waals surface area contributed by atoms with Crippen LogP contribution in [0.5, 0.6) is 0 Å². The molecule has 0 aliphatic heterocycles. The minimum Gasteiger partial charge on any atom is -0.348 e. The van der Waals surface area contributed by atoms with Crippen LogP contribution in [0.25, 0.3) is 0 Å². The zero-order valence-corrected chi connectivity index (χ0v) is 19.2. The average molecular weight is 441 g/mol. The fraction of sp³-hybridized carbons (Fsp3) is 0.333. The molecule has 0 saturated heterocycles. The molecule has 0 fully saturated rings. The standard InChI is InChI=1S/C24H28N2O2S2/c1-16(2)14-18-8-10-19(11-9-18)24(22-7-5-13-30-22)26-23(28)15-20(25-17(3)27)21-6-4-12-29-21/h4-13,16,20,24H,14-15H2,1-3H3,(H,25,27)(H,26,28). The highest BCUT2D eigenvalue weighted by Gasteiger charge is 2.22. The summed E-state index contributed by atoms with van der Waals surface area (Å²) >= 11 is 3.17. The molecular formula is C24H28N2O2S2. The second-order valence-electron chi connectivity index (χ2n) is 7.83. The predicted octanol–water partition coefficient (Wildman–Crippen LogP) is 5.48. The van der Waals surface area contributed by atoms with E-state index in [0.717, 1.165) is 21.7 Å². The Morgan fingerprint density at radius 3 is 2.07 bits per heavy atom. The number of hydrogen-bond donors (Lipinski definition) is 2. The third-order valence-corrected chi connectivity index (χ3v) is 6.67. The Balaban J connectivity index is 1.76. The summed E-state index contributed by atoms with van der Waals surface area (Å²) in [5, 5.41) is 10.1. The van der Waals surface area contributed by atoms with E-state index in [1.165, 1.54) is 12.5 Å². The topological polar surface area (TPSA) is 58.2 Å². The van der Waals surface area contributed by atoms with E-state index in [-0.39, 0.29) is 30.3 Å². The molecule has 2 unspecified atom stereocenters. The number of benzene rings is 1. The molecule has 2 heterocycles. The van der Waals surface area contributed by atoms with Gasteiger partial charge in [-0.25, -0.2) is 0 Å². The van der Waals surface area contributed by atoms with Crippen LogP contribution < -0.4 is 10.6 Å². The Morgan fingerprint density at radius 1 is 0.900 bits per heavy atom. The first-order chi connectivity index (χ1) is 14.4. The molecule has 2 aromatic heterocycles. The molecule has 3 rings (SSSR count). The van der Waals surface area contributed by atoms with Crippen molar-refractivity contribution in [2.24, 2.45) is 5.92 Å². The molecule has 30 heavy (non-hydrogen) atoms. The summed E-state index contributed by atoms with van der Waals surface area (Å²) in [5.41, 5.74) is 2.36. The number of rotatable bonds is 9. The second-order valence-corrected chi connectivity index (χ2v) is 9.79. The lowest BCUT2D eigenvalue weighted by Crippen LogP contribution is -2.34. The van der Waals surface area contributed by atoms with Gasteiger partial charge in [-0.2, -0.15) is 0 Å². The van der Waals surface area contributed by atoms with Crippen LogP contribution in [-0.4, -0.2) is 11.8 Å². The third-order valence-electron chi connectivity index (χ3n) is 4.74. The van der Waals surface area contributed by atoms with Gasteiger partial charge in [0.25, 0.3) is 0 Å². The number of hydrogen-bond acceptors (Lipinski definition) is 4. The smallest absolute Gasteiger partial charge is 0.223 e. The lowest BCUT2D eigenvalue weighted by Gasteiger charge is -2.21. The summed E-state index contributed by atoms with van der Waals surface area (Å²) in [4.78, 5) is 26.7. The Hall–Kier alpha value is -2.44. The van der Waals surface area contributed by atoms with E-state index in [1.54, 1.807) is 22.7 Å². The van der Waals surface area contributed by atoms with Gasteiger partial charge in [-0.3, -0.25) is 9.59 Å². The second kappa shape index (κ2) is 10.5. The van der Waals surface area contributed by atoms with Crippen LogP contribution in [0.3, 0.4) is 0 Å². The number of carbonyl (C=O) groups excluding carboxylic acids is 2. The Labute approximate surface area is 186 Å². The van der Waals surface area contributed by atoms with Gasteiger partial charge in [0.05, 0.1) is 18.5 Å². The molecule has 6 heteroatoms. The van der Waals surface area contributed by atoms with Crippen LogP contribution in [-0.2, 0) is 16.0 Å². The summed E-state index contributed by atoms with van der Waals surface area (Å²) in [6, 6.07) is 15.9. The van der Waals surface area contributed by atoms with Crippen LogP contribution >= 0.6 is 22.7 Å². The van der Waals surface area contributed by atoms with Crippen molar-refractivity contribution in [1.82, 2.24) is 10.6 Å². The van der Waals surface area contributed by atoms with E-state index in [9.17, 15) is 9.59 Å². The van der Waals surface area contributed by atoms with Crippen molar-refractivity contribution in [1.29, 1.82) is 0 Å². The molecule has 3 aromatic rings. The van der Waals surface area contributed by atoms with Crippen molar-refractivity contribution in [3.8, 4) is 0 Å². The molecule has 0 aliphatic carbocycles. The summed E-state index contributed by atoms with van der Waals surface area (Å²) < 4.78 is 0. The van der Waals surface area contributed by atoms with Gasteiger partial charge in [0.1, 0.15) is 0 Å². The molecule has 0 radical (unpaired) electrons. The van der Waals surface area contributed by atoms with Gasteiger partial charge < -0.3 is 10.6 Å². The number of amides is 2. The van der Waals surface area contributed by atoms with Gasteiger partial charge >= 0.3 is 0 Å². The van der Waals surface area contributed by atoms with Crippen molar-refractivity contribution in [3.63, 3.8) is 0 Å². The van der Waals surface area contributed by atoms with Gasteiger partial charge in [-0.1, -0.05) is 50.2 Å². The zero-order valence-electron chi connectivity index (χ0n) is 17.6. The van der Waals surface area contributed by atoms with Crippen molar-refractivity contribution < 1.29 is 9.59 Å². The van der Waals surface area contributed by atoms with E-state index in [2.05, 4.69) is 48.7 Å². The van der Waals surface area contributed by atoms with Gasteiger partial charge in [0.2, 0.25) is 11.8 Å². The normalized spacial score (nSPS) is 13.1. The third kappa shape index (κ3) is 6.28. The molecule has 0 saturated carbocycles. The Bertz CT molecular complexity index is 932. The maximum atomic E-state index is 13.0. The maximum Gasteiger partial charge on any atom is 0.223 e.